The molecule has 4 unspecified atom stereocenters. The molecule has 3 amide bonds. The fraction of sp³-hybridized carbons (Fsp3) is 0.259. The Labute approximate surface area is 196 Å². The highest BCUT2D eigenvalue weighted by atomic mass is 16.5. The van der Waals surface area contributed by atoms with Crippen LogP contribution in [0.4, 0.5) is 5.69 Å². The van der Waals surface area contributed by atoms with Crippen LogP contribution in [0.15, 0.2) is 60.7 Å². The Morgan fingerprint density at radius 1 is 0.971 bits per heavy atom. The minimum absolute atomic E-state index is 0.114. The summed E-state index contributed by atoms with van der Waals surface area (Å²) in [5.41, 5.74) is 2.24. The van der Waals surface area contributed by atoms with Crippen LogP contribution in [-0.4, -0.2) is 42.2 Å². The molecule has 5 rings (SSSR count). The monoisotopic (exact) mass is 454 g/mol. The minimum atomic E-state index is -0.434. The number of rotatable bonds is 4. The molecule has 1 heterocycles. The van der Waals surface area contributed by atoms with E-state index in [0.717, 1.165) is 11.3 Å². The lowest BCUT2D eigenvalue weighted by Crippen LogP contribution is -2.39. The van der Waals surface area contributed by atoms with Gasteiger partial charge in [-0.15, -0.1) is 0 Å². The van der Waals surface area contributed by atoms with Gasteiger partial charge in [-0.3, -0.25) is 19.3 Å². The molecule has 0 radical (unpaired) electrons. The summed E-state index contributed by atoms with van der Waals surface area (Å²) in [7, 11) is 1.32. The Kier molecular flexibility index (Phi) is 5.50. The number of hydrogen-bond donors (Lipinski definition) is 1. The molecule has 0 spiro atoms. The molecule has 2 aromatic carbocycles. The smallest absolute Gasteiger partial charge is 0.337 e. The van der Waals surface area contributed by atoms with Crippen LogP contribution >= 0.6 is 0 Å². The van der Waals surface area contributed by atoms with E-state index in [9.17, 15) is 19.2 Å². The van der Waals surface area contributed by atoms with Gasteiger partial charge in [0.25, 0.3) is 0 Å². The van der Waals surface area contributed by atoms with E-state index in [-0.39, 0.29) is 42.0 Å². The molecule has 1 N–H and O–H groups in total. The highest BCUT2D eigenvalue weighted by molar-refractivity contribution is 6.09. The van der Waals surface area contributed by atoms with Crippen molar-refractivity contribution < 1.29 is 23.9 Å². The lowest BCUT2D eigenvalue weighted by atomic mass is 9.85. The first kappa shape index (κ1) is 21.7. The zero-order valence-electron chi connectivity index (χ0n) is 18.5. The van der Waals surface area contributed by atoms with Crippen molar-refractivity contribution in [3.63, 3.8) is 0 Å². The highest BCUT2D eigenvalue weighted by Gasteiger charge is 2.59. The maximum atomic E-state index is 12.8. The Morgan fingerprint density at radius 2 is 1.59 bits per heavy atom. The van der Waals surface area contributed by atoms with E-state index in [0.29, 0.717) is 22.4 Å². The standard InChI is InChI=1S/C27H22N2O5/c1-34-27(33)20-6-2-4-16(12-20)8-9-17-5-3-7-21(13-17)28-22(30)15-29-25(31)23-18-10-11-19(14-18)24(23)26(29)32/h2-7,10-13,18-19,23-24H,14-15H2,1H3,(H,28,30). The average molecular weight is 454 g/mol. The summed E-state index contributed by atoms with van der Waals surface area (Å²) in [6, 6.07) is 13.8. The topological polar surface area (TPSA) is 92.8 Å². The van der Waals surface area contributed by atoms with Gasteiger partial charge in [0.05, 0.1) is 24.5 Å². The largest absolute Gasteiger partial charge is 0.465 e. The second-order valence-corrected chi connectivity index (χ2v) is 8.71. The number of hydrogen-bond acceptors (Lipinski definition) is 5. The Hall–Kier alpha value is -4.18. The van der Waals surface area contributed by atoms with Crippen molar-refractivity contribution >= 4 is 29.4 Å². The van der Waals surface area contributed by atoms with E-state index in [1.807, 2.05) is 12.2 Å². The maximum absolute atomic E-state index is 12.8. The number of nitrogens with zero attached hydrogens (tertiary/aromatic N) is 1. The van der Waals surface area contributed by atoms with E-state index in [2.05, 4.69) is 17.2 Å². The summed E-state index contributed by atoms with van der Waals surface area (Å²) in [6.07, 6.45) is 4.91. The number of nitrogens with one attached hydrogen (secondary N) is 1. The zero-order chi connectivity index (χ0) is 23.8. The summed E-state index contributed by atoms with van der Waals surface area (Å²) < 4.78 is 4.73. The number of allylic oxidation sites excluding steroid dienone is 2. The molecular formula is C27H22N2O5. The molecule has 34 heavy (non-hydrogen) atoms. The van der Waals surface area contributed by atoms with Crippen molar-refractivity contribution in [3.05, 3.63) is 77.4 Å². The number of imide groups is 1. The molecule has 2 aromatic rings. The molecule has 4 atom stereocenters. The molecule has 3 aliphatic rings. The fourth-order valence-electron chi connectivity index (χ4n) is 5.12. The van der Waals surface area contributed by atoms with Gasteiger partial charge in [-0.25, -0.2) is 4.79 Å². The van der Waals surface area contributed by atoms with Crippen molar-refractivity contribution in [2.75, 3.05) is 19.0 Å². The van der Waals surface area contributed by atoms with Crippen LogP contribution in [0.25, 0.3) is 0 Å². The summed E-state index contributed by atoms with van der Waals surface area (Å²) in [6.45, 7) is -0.291. The summed E-state index contributed by atoms with van der Waals surface area (Å²) in [5, 5.41) is 2.75. The van der Waals surface area contributed by atoms with Crippen molar-refractivity contribution in [1.29, 1.82) is 0 Å². The predicted octanol–water partition coefficient (Wildman–Crippen LogP) is 2.62. The van der Waals surface area contributed by atoms with Crippen molar-refractivity contribution in [3.8, 4) is 11.8 Å². The van der Waals surface area contributed by atoms with Gasteiger partial charge in [0, 0.05) is 16.8 Å². The molecule has 2 aliphatic carbocycles. The van der Waals surface area contributed by atoms with Crippen LogP contribution in [0, 0.1) is 35.5 Å². The summed E-state index contributed by atoms with van der Waals surface area (Å²) in [4.78, 5) is 51.0. The van der Waals surface area contributed by atoms with Gasteiger partial charge in [-0.1, -0.05) is 36.1 Å². The molecule has 1 aliphatic heterocycles. The zero-order valence-corrected chi connectivity index (χ0v) is 18.5. The van der Waals surface area contributed by atoms with Gasteiger partial charge in [-0.05, 0) is 54.7 Å². The number of esters is 1. The lowest BCUT2D eigenvalue weighted by molar-refractivity contribution is -0.143. The van der Waals surface area contributed by atoms with E-state index in [1.165, 1.54) is 7.11 Å². The third-order valence-corrected chi connectivity index (χ3v) is 6.64. The number of fused-ring (bicyclic) bond motifs is 5. The van der Waals surface area contributed by atoms with Crippen LogP contribution in [0.3, 0.4) is 0 Å². The van der Waals surface area contributed by atoms with Crippen LogP contribution in [0.2, 0.25) is 0 Å². The number of carbonyl (C=O) groups excluding carboxylic acids is 4. The quantitative estimate of drug-likeness (QED) is 0.332. The average Bonchev–Trinajstić information content (AvgIpc) is 3.53. The maximum Gasteiger partial charge on any atom is 0.337 e. The van der Waals surface area contributed by atoms with Crippen molar-refractivity contribution in [2.24, 2.45) is 23.7 Å². The summed E-state index contributed by atoms with van der Waals surface area (Å²) >= 11 is 0. The van der Waals surface area contributed by atoms with Gasteiger partial charge in [-0.2, -0.15) is 0 Å². The van der Waals surface area contributed by atoms with E-state index < -0.39 is 11.9 Å². The first-order valence-electron chi connectivity index (χ1n) is 11.1. The number of carbonyl (C=O) groups is 4. The number of methoxy groups -OCH3 is 1. The number of likely N-dealkylation sites (tertiary alicyclic amines) is 1. The Bertz CT molecular complexity index is 1270. The minimum Gasteiger partial charge on any atom is -0.465 e. The van der Waals surface area contributed by atoms with Crippen molar-refractivity contribution in [1.82, 2.24) is 4.90 Å². The first-order chi connectivity index (χ1) is 16.4. The first-order valence-corrected chi connectivity index (χ1v) is 11.1. The molecule has 7 heteroatoms. The van der Waals surface area contributed by atoms with Crippen LogP contribution in [-0.2, 0) is 19.1 Å². The molecule has 7 nitrogen and oxygen atoms in total. The normalized spacial score (nSPS) is 24.0. The van der Waals surface area contributed by atoms with Crippen molar-refractivity contribution in [2.45, 2.75) is 6.42 Å². The van der Waals surface area contributed by atoms with Crippen LogP contribution < -0.4 is 5.32 Å². The SMILES string of the molecule is COC(=O)c1cccc(C#Cc2cccc(NC(=O)CN3C(=O)C4C5C=CC(C5)C4C3=O)c2)c1. The second kappa shape index (κ2) is 8.64. The lowest BCUT2D eigenvalue weighted by Gasteiger charge is -2.16. The molecule has 1 saturated heterocycles. The van der Waals surface area contributed by atoms with Gasteiger partial charge >= 0.3 is 5.97 Å². The molecule has 170 valence electrons. The molecule has 2 bridgehead atoms. The molecule has 2 fully saturated rings. The fourth-order valence-corrected chi connectivity index (χ4v) is 5.12. The van der Waals surface area contributed by atoms with E-state index >= 15 is 0 Å². The number of amides is 3. The van der Waals surface area contributed by atoms with Crippen LogP contribution in [0.1, 0.15) is 27.9 Å². The predicted molar refractivity (Wildman–Crippen MR) is 123 cm³/mol. The van der Waals surface area contributed by atoms with Crippen LogP contribution in [0.5, 0.6) is 0 Å². The van der Waals surface area contributed by atoms with E-state index in [4.69, 9.17) is 4.74 Å². The third kappa shape index (κ3) is 3.88. The van der Waals surface area contributed by atoms with Gasteiger partial charge < -0.3 is 10.1 Å². The Balaban J connectivity index is 1.24. The third-order valence-electron chi connectivity index (χ3n) is 6.64. The van der Waals surface area contributed by atoms with Gasteiger partial charge in [0.1, 0.15) is 6.54 Å². The molecular weight excluding hydrogens is 432 g/mol. The Morgan fingerprint density at radius 3 is 2.24 bits per heavy atom. The molecule has 0 aromatic heterocycles. The van der Waals surface area contributed by atoms with Gasteiger partial charge in [0.15, 0.2) is 0 Å². The van der Waals surface area contributed by atoms with E-state index in [1.54, 1.807) is 48.5 Å². The summed E-state index contributed by atoms with van der Waals surface area (Å²) in [5.74, 6) is 4.26. The number of anilines is 1. The number of ether oxygens (including phenoxy) is 1. The molecule has 1 saturated carbocycles. The highest BCUT2D eigenvalue weighted by Crippen LogP contribution is 2.52. The second-order valence-electron chi connectivity index (χ2n) is 8.71. The number of benzene rings is 2. The van der Waals surface area contributed by atoms with Gasteiger partial charge in [0.2, 0.25) is 17.7 Å².